The zero-order chi connectivity index (χ0) is 23.6. The molecular formula is C17H27FN3O8PS. The number of hydrogen-bond acceptors (Lipinski definition) is 9. The maximum atomic E-state index is 15.3. The topological polar surface area (TPSA) is 140 Å². The number of ether oxygens (including phenoxy) is 1. The van der Waals surface area contributed by atoms with Crippen molar-refractivity contribution in [1.29, 1.82) is 0 Å². The minimum absolute atomic E-state index is 0.0384. The molecule has 0 saturated carbocycles. The lowest BCUT2D eigenvalue weighted by atomic mass is 9.98. The van der Waals surface area contributed by atoms with Gasteiger partial charge in [-0.05, 0) is 27.9 Å². The second-order valence-corrected chi connectivity index (χ2v) is 10.9. The Morgan fingerprint density at radius 1 is 1.45 bits per heavy atom. The lowest BCUT2D eigenvalue weighted by molar-refractivity contribution is -0.109. The Hall–Kier alpha value is -1.34. The Morgan fingerprint density at radius 2 is 2.10 bits per heavy atom. The van der Waals surface area contributed by atoms with Crippen molar-refractivity contribution in [1.82, 2.24) is 14.2 Å². The molecule has 1 aromatic rings. The molecule has 0 amide bonds. The van der Waals surface area contributed by atoms with Gasteiger partial charge in [0, 0.05) is 24.4 Å². The Morgan fingerprint density at radius 3 is 2.68 bits per heavy atom. The van der Waals surface area contributed by atoms with Crippen LogP contribution in [0.1, 0.15) is 25.6 Å². The molecule has 0 radical (unpaired) electrons. The van der Waals surface area contributed by atoms with E-state index in [1.165, 1.54) is 32.6 Å². The van der Waals surface area contributed by atoms with Crippen LogP contribution in [0.4, 0.5) is 4.39 Å². The van der Waals surface area contributed by atoms with Gasteiger partial charge in [-0.2, -0.15) is 0 Å². The van der Waals surface area contributed by atoms with E-state index in [0.29, 0.717) is 0 Å². The van der Waals surface area contributed by atoms with Crippen LogP contribution in [0.3, 0.4) is 0 Å². The SMILES string of the molecule is CC(=O)SCCOP(=O)(OC[C@H]1O[C@@H](n2cc(C)c(=O)[nH]c2=O)[C@@](C)(F)C1O)N(C)C. The van der Waals surface area contributed by atoms with Crippen LogP contribution in [0.15, 0.2) is 15.8 Å². The second-order valence-electron chi connectivity index (χ2n) is 7.39. The van der Waals surface area contributed by atoms with Crippen LogP contribution in [-0.4, -0.2) is 75.4 Å². The van der Waals surface area contributed by atoms with E-state index >= 15 is 4.39 Å². The van der Waals surface area contributed by atoms with E-state index in [-0.39, 0.29) is 23.0 Å². The zero-order valence-electron chi connectivity index (χ0n) is 17.9. The fourth-order valence-electron chi connectivity index (χ4n) is 2.88. The highest BCUT2D eigenvalue weighted by Gasteiger charge is 2.55. The molecule has 31 heavy (non-hydrogen) atoms. The quantitative estimate of drug-likeness (QED) is 0.383. The molecule has 2 N–H and O–H groups in total. The zero-order valence-corrected chi connectivity index (χ0v) is 19.6. The molecule has 0 spiro atoms. The Bertz CT molecular complexity index is 965. The molecule has 0 aliphatic carbocycles. The van der Waals surface area contributed by atoms with Gasteiger partial charge >= 0.3 is 13.4 Å². The van der Waals surface area contributed by atoms with Gasteiger partial charge in [0.05, 0.1) is 13.2 Å². The number of nitrogens with zero attached hydrogens (tertiary/aromatic N) is 2. The standard InChI is InChI=1S/C17H27FN3O8PS/c1-10-8-21(16(25)19-14(10)24)15-17(3,18)13(23)12(29-15)9-28-30(26,20(4)5)27-6-7-31-11(2)22/h8,12-13,15,23H,6-7,9H2,1-5H3,(H,19,24,25)/t12-,13?,15-,17+,30?/m1/s1. The number of aromatic amines is 1. The number of alkyl halides is 1. The average Bonchev–Trinajstić information content (AvgIpc) is 2.89. The molecule has 2 unspecified atom stereocenters. The third-order valence-electron chi connectivity index (χ3n) is 4.65. The summed E-state index contributed by atoms with van der Waals surface area (Å²) in [5.41, 5.74) is -3.78. The maximum Gasteiger partial charge on any atom is 0.407 e. The number of rotatable bonds is 9. The number of aliphatic hydroxyl groups is 1. The Balaban J connectivity index is 2.14. The molecule has 5 atom stereocenters. The highest BCUT2D eigenvalue weighted by molar-refractivity contribution is 8.13. The van der Waals surface area contributed by atoms with Gasteiger partial charge in [0.1, 0.15) is 12.2 Å². The summed E-state index contributed by atoms with van der Waals surface area (Å²) in [6.45, 7) is 3.35. The largest absolute Gasteiger partial charge is 0.407 e. The maximum absolute atomic E-state index is 15.3. The number of aliphatic hydroxyl groups excluding tert-OH is 1. The first-order valence-corrected chi connectivity index (χ1v) is 11.8. The first-order chi connectivity index (χ1) is 14.3. The van der Waals surface area contributed by atoms with E-state index in [1.54, 1.807) is 0 Å². The lowest BCUT2D eigenvalue weighted by Crippen LogP contribution is -2.44. The fourth-order valence-corrected chi connectivity index (χ4v) is 4.66. The summed E-state index contributed by atoms with van der Waals surface area (Å²) in [6.07, 6.45) is -3.41. The number of nitrogens with one attached hydrogen (secondary N) is 1. The van der Waals surface area contributed by atoms with E-state index in [9.17, 15) is 24.1 Å². The third-order valence-corrected chi connectivity index (χ3v) is 7.39. The third kappa shape index (κ3) is 5.92. The molecule has 176 valence electrons. The Labute approximate surface area is 182 Å². The van der Waals surface area contributed by atoms with Crippen molar-refractivity contribution in [2.45, 2.75) is 44.9 Å². The minimum Gasteiger partial charge on any atom is -0.387 e. The molecule has 11 nitrogen and oxygen atoms in total. The van der Waals surface area contributed by atoms with Gasteiger partial charge in [-0.25, -0.2) is 18.4 Å². The monoisotopic (exact) mass is 483 g/mol. The van der Waals surface area contributed by atoms with Crippen molar-refractivity contribution in [3.63, 3.8) is 0 Å². The first kappa shape index (κ1) is 25.9. The van der Waals surface area contributed by atoms with E-state index < -0.39 is 49.7 Å². The number of thioether (sulfide) groups is 1. The van der Waals surface area contributed by atoms with Gasteiger partial charge in [-0.15, -0.1) is 0 Å². The molecule has 1 aromatic heterocycles. The van der Waals surface area contributed by atoms with E-state index in [1.807, 2.05) is 0 Å². The summed E-state index contributed by atoms with van der Waals surface area (Å²) < 4.78 is 46.5. The first-order valence-electron chi connectivity index (χ1n) is 9.34. The van der Waals surface area contributed by atoms with Gasteiger partial charge in [-0.1, -0.05) is 11.8 Å². The Kier molecular flexibility index (Phi) is 8.42. The number of H-pyrrole nitrogens is 1. The van der Waals surface area contributed by atoms with Crippen molar-refractivity contribution in [3.05, 3.63) is 32.6 Å². The summed E-state index contributed by atoms with van der Waals surface area (Å²) in [6, 6.07) is 0. The molecule has 1 saturated heterocycles. The number of aromatic nitrogens is 2. The normalized spacial score (nSPS) is 28.1. The molecule has 1 aliphatic rings. The molecule has 1 fully saturated rings. The van der Waals surface area contributed by atoms with Crippen LogP contribution in [0.25, 0.3) is 0 Å². The highest BCUT2D eigenvalue weighted by atomic mass is 32.2. The van der Waals surface area contributed by atoms with E-state index in [0.717, 1.165) is 29.4 Å². The summed E-state index contributed by atoms with van der Waals surface area (Å²) >= 11 is 0.998. The van der Waals surface area contributed by atoms with E-state index in [4.69, 9.17) is 13.8 Å². The van der Waals surface area contributed by atoms with Gasteiger partial charge in [-0.3, -0.25) is 28.2 Å². The molecular weight excluding hydrogens is 456 g/mol. The van der Waals surface area contributed by atoms with Gasteiger partial charge < -0.3 is 9.84 Å². The number of carbonyl (C=O) groups is 1. The molecule has 14 heteroatoms. The van der Waals surface area contributed by atoms with Crippen molar-refractivity contribution >= 4 is 24.6 Å². The summed E-state index contributed by atoms with van der Waals surface area (Å²) in [7, 11) is -0.901. The van der Waals surface area contributed by atoms with Crippen LogP contribution >= 0.6 is 19.5 Å². The molecule has 2 rings (SSSR count). The van der Waals surface area contributed by atoms with Crippen molar-refractivity contribution in [2.24, 2.45) is 0 Å². The summed E-state index contributed by atoms with van der Waals surface area (Å²) in [5.74, 6) is 0.262. The molecule has 1 aliphatic heterocycles. The van der Waals surface area contributed by atoms with Gasteiger partial charge in [0.25, 0.3) is 5.56 Å². The smallest absolute Gasteiger partial charge is 0.387 e. The van der Waals surface area contributed by atoms with Crippen molar-refractivity contribution < 1.29 is 32.6 Å². The molecule has 0 bridgehead atoms. The molecule has 0 aromatic carbocycles. The van der Waals surface area contributed by atoms with Crippen molar-refractivity contribution in [3.8, 4) is 0 Å². The van der Waals surface area contributed by atoms with Crippen LogP contribution in [0.5, 0.6) is 0 Å². The van der Waals surface area contributed by atoms with Crippen LogP contribution in [0.2, 0.25) is 0 Å². The second kappa shape index (κ2) is 10.1. The predicted octanol–water partition coefficient (Wildman–Crippen LogP) is 0.814. The highest BCUT2D eigenvalue weighted by Crippen LogP contribution is 2.51. The number of aryl methyl sites for hydroxylation is 1. The average molecular weight is 483 g/mol. The van der Waals surface area contributed by atoms with Crippen molar-refractivity contribution in [2.75, 3.05) is 33.1 Å². The lowest BCUT2D eigenvalue weighted by Gasteiger charge is -2.26. The number of carbonyl (C=O) groups excluding carboxylic acids is 1. The van der Waals surface area contributed by atoms with Gasteiger partial charge in [0.2, 0.25) is 0 Å². The predicted molar refractivity (Wildman–Crippen MR) is 112 cm³/mol. The fraction of sp³-hybridized carbons (Fsp3) is 0.706. The van der Waals surface area contributed by atoms with Crippen LogP contribution in [-0.2, 0) is 23.1 Å². The van der Waals surface area contributed by atoms with Crippen LogP contribution < -0.4 is 11.2 Å². The van der Waals surface area contributed by atoms with E-state index in [2.05, 4.69) is 4.98 Å². The summed E-state index contributed by atoms with van der Waals surface area (Å²) in [4.78, 5) is 36.7. The minimum atomic E-state index is -3.81. The van der Waals surface area contributed by atoms with Crippen LogP contribution in [0, 0.1) is 6.92 Å². The summed E-state index contributed by atoms with van der Waals surface area (Å²) in [5, 5.41) is 10.3. The number of halogens is 1. The van der Waals surface area contributed by atoms with Gasteiger partial charge in [0.15, 0.2) is 17.0 Å². The number of hydrogen-bond donors (Lipinski definition) is 2. The molecule has 2 heterocycles.